The van der Waals surface area contributed by atoms with E-state index in [1.54, 1.807) is 12.1 Å². The van der Waals surface area contributed by atoms with Gasteiger partial charge >= 0.3 is 0 Å². The fourth-order valence-electron chi connectivity index (χ4n) is 5.68. The Morgan fingerprint density at radius 2 is 1.77 bits per heavy atom. The Morgan fingerprint density at radius 3 is 2.46 bits per heavy atom. The number of halogens is 1. The van der Waals surface area contributed by atoms with Crippen LogP contribution in [-0.2, 0) is 16.3 Å². The zero-order chi connectivity index (χ0) is 25.0. The Labute approximate surface area is 212 Å². The second-order valence-electron chi connectivity index (χ2n) is 10.6. The molecule has 5 rings (SSSR count). The molecule has 2 heterocycles. The van der Waals surface area contributed by atoms with Gasteiger partial charge in [-0.2, -0.15) is 5.10 Å². The van der Waals surface area contributed by atoms with Crippen molar-refractivity contribution < 1.29 is 8.91 Å². The predicted molar refractivity (Wildman–Crippen MR) is 144 cm³/mol. The summed E-state index contributed by atoms with van der Waals surface area (Å²) in [6.45, 7) is 8.85. The molecule has 1 aliphatic carbocycles. The maximum atomic E-state index is 15.0. The van der Waals surface area contributed by atoms with Gasteiger partial charge in [0.15, 0.2) is 12.2 Å². The molecule has 35 heavy (non-hydrogen) atoms. The highest BCUT2D eigenvalue weighted by atomic mass is 32.4. The summed E-state index contributed by atoms with van der Waals surface area (Å²) in [6.07, 6.45) is 0.257. The SMILES string of the molecule is Cc1nn(-c2ccccc2)c2c1P(=S)(OC1CC(C)CC(C)(C)C1)N(C)C(c1ccccc1F)=N2. The van der Waals surface area contributed by atoms with Crippen molar-refractivity contribution in [3.05, 3.63) is 71.7 Å². The number of benzene rings is 2. The number of amidine groups is 1. The molecule has 1 aromatic heterocycles. The van der Waals surface area contributed by atoms with E-state index in [9.17, 15) is 0 Å². The molecule has 0 saturated heterocycles. The number of hydrogen-bond donors (Lipinski definition) is 0. The fraction of sp³-hybridized carbons (Fsp3) is 0.407. The second kappa shape index (κ2) is 8.95. The van der Waals surface area contributed by atoms with Crippen molar-refractivity contribution in [1.82, 2.24) is 14.5 Å². The number of aliphatic imine (C=N–C) groups is 1. The molecule has 1 aliphatic heterocycles. The van der Waals surface area contributed by atoms with Gasteiger partial charge in [0.1, 0.15) is 11.7 Å². The van der Waals surface area contributed by atoms with Crippen LogP contribution in [0.4, 0.5) is 10.2 Å². The number of aryl methyl sites for hydroxylation is 1. The summed E-state index contributed by atoms with van der Waals surface area (Å²) in [4.78, 5) is 4.97. The van der Waals surface area contributed by atoms with Crippen molar-refractivity contribution in [2.24, 2.45) is 16.3 Å². The van der Waals surface area contributed by atoms with Gasteiger partial charge in [0.05, 0.1) is 28.4 Å². The summed E-state index contributed by atoms with van der Waals surface area (Å²) in [5.74, 6) is 1.33. The molecule has 3 atom stereocenters. The average Bonchev–Trinajstić information content (AvgIpc) is 3.13. The lowest BCUT2D eigenvalue weighted by atomic mass is 9.72. The molecular formula is C27H32FN4OPS. The number of rotatable bonds is 4. The van der Waals surface area contributed by atoms with Crippen molar-refractivity contribution in [2.45, 2.75) is 53.1 Å². The average molecular weight is 511 g/mol. The Bertz CT molecular complexity index is 1340. The lowest BCUT2D eigenvalue weighted by Gasteiger charge is -2.44. The first-order valence-corrected chi connectivity index (χ1v) is 14.8. The van der Waals surface area contributed by atoms with Gasteiger partial charge in [-0.15, -0.1) is 0 Å². The van der Waals surface area contributed by atoms with Gasteiger partial charge < -0.3 is 9.19 Å². The molecule has 2 aliphatic rings. The van der Waals surface area contributed by atoms with Crippen LogP contribution in [0.5, 0.6) is 0 Å². The highest BCUT2D eigenvalue weighted by molar-refractivity contribution is 8.15. The highest BCUT2D eigenvalue weighted by Gasteiger charge is 2.44. The molecule has 2 aromatic carbocycles. The largest absolute Gasteiger partial charge is 0.327 e. The lowest BCUT2D eigenvalue weighted by Crippen LogP contribution is -2.39. The van der Waals surface area contributed by atoms with Gasteiger partial charge in [0.2, 0.25) is 0 Å². The van der Waals surface area contributed by atoms with E-state index in [1.807, 2.05) is 59.7 Å². The minimum Gasteiger partial charge on any atom is -0.327 e. The summed E-state index contributed by atoms with van der Waals surface area (Å²) in [7, 11) is 1.89. The first-order valence-electron chi connectivity index (χ1n) is 12.1. The monoisotopic (exact) mass is 510 g/mol. The van der Waals surface area contributed by atoms with Crippen LogP contribution < -0.4 is 5.30 Å². The van der Waals surface area contributed by atoms with Gasteiger partial charge in [0.25, 0.3) is 0 Å². The van der Waals surface area contributed by atoms with E-state index >= 15 is 4.39 Å². The summed E-state index contributed by atoms with van der Waals surface area (Å²) in [6, 6.07) is 16.6. The van der Waals surface area contributed by atoms with E-state index in [2.05, 4.69) is 20.8 Å². The van der Waals surface area contributed by atoms with Crippen LogP contribution in [0.2, 0.25) is 0 Å². The first-order chi connectivity index (χ1) is 16.6. The lowest BCUT2D eigenvalue weighted by molar-refractivity contribution is 0.0622. The third kappa shape index (κ3) is 4.39. The minimum atomic E-state index is -2.84. The maximum absolute atomic E-state index is 15.0. The highest BCUT2D eigenvalue weighted by Crippen LogP contribution is 2.58. The molecule has 0 amide bonds. The van der Waals surface area contributed by atoms with Gasteiger partial charge in [-0.3, -0.25) is 0 Å². The summed E-state index contributed by atoms with van der Waals surface area (Å²) in [5.41, 5.74) is 2.28. The normalized spacial score (nSPS) is 25.8. The van der Waals surface area contributed by atoms with E-state index < -0.39 is 6.42 Å². The number of para-hydroxylation sites is 1. The van der Waals surface area contributed by atoms with Gasteiger partial charge in [-0.1, -0.05) is 51.1 Å². The first kappa shape index (κ1) is 24.4. The summed E-state index contributed by atoms with van der Waals surface area (Å²) < 4.78 is 25.7. The van der Waals surface area contributed by atoms with Crippen LogP contribution in [0.15, 0.2) is 59.6 Å². The Kier molecular flexibility index (Phi) is 6.23. The fourth-order valence-corrected chi connectivity index (χ4v) is 9.28. The van der Waals surface area contributed by atoms with Crippen LogP contribution >= 0.6 is 6.42 Å². The van der Waals surface area contributed by atoms with Crippen molar-refractivity contribution in [3.63, 3.8) is 0 Å². The molecule has 1 saturated carbocycles. The van der Waals surface area contributed by atoms with Crippen LogP contribution in [0, 0.1) is 24.1 Å². The molecule has 8 heteroatoms. The van der Waals surface area contributed by atoms with Crippen LogP contribution in [0.3, 0.4) is 0 Å². The number of hydrogen-bond acceptors (Lipinski definition) is 4. The Hall–Kier alpha value is -2.34. The second-order valence-corrected chi connectivity index (χ2v) is 14.4. The molecule has 184 valence electrons. The Morgan fingerprint density at radius 1 is 1.09 bits per heavy atom. The standard InChI is InChI=1S/C27H32FN4OPS/c1-18-15-21(17-27(3,4)16-18)33-34(35)24-19(2)30-32(20-11-7-6-8-12-20)26(24)29-25(31(34)5)22-13-9-10-14-23(22)28/h6-14,18,21H,15-17H2,1-5H3. The molecule has 0 spiro atoms. The van der Waals surface area contributed by atoms with Gasteiger partial charge in [0, 0.05) is 7.05 Å². The minimum absolute atomic E-state index is 0.0225. The van der Waals surface area contributed by atoms with E-state index in [-0.39, 0.29) is 17.3 Å². The third-order valence-electron chi connectivity index (χ3n) is 6.96. The molecule has 5 nitrogen and oxygen atoms in total. The van der Waals surface area contributed by atoms with E-state index in [4.69, 9.17) is 26.4 Å². The smallest absolute Gasteiger partial charge is 0.192 e. The summed E-state index contributed by atoms with van der Waals surface area (Å²) >= 11 is 6.45. The number of aromatic nitrogens is 2. The molecule has 0 bridgehead atoms. The van der Waals surface area contributed by atoms with E-state index in [1.165, 1.54) is 12.5 Å². The van der Waals surface area contributed by atoms with Gasteiger partial charge in [-0.05, 0) is 73.6 Å². The quantitative estimate of drug-likeness (QED) is 0.375. The molecule has 0 N–H and O–H groups in total. The van der Waals surface area contributed by atoms with Gasteiger partial charge in [-0.25, -0.2) is 14.1 Å². The third-order valence-corrected chi connectivity index (χ3v) is 11.1. The van der Waals surface area contributed by atoms with Crippen molar-refractivity contribution in [1.29, 1.82) is 0 Å². The molecule has 0 radical (unpaired) electrons. The zero-order valence-corrected chi connectivity index (χ0v) is 22.6. The maximum Gasteiger partial charge on any atom is 0.192 e. The topological polar surface area (TPSA) is 42.6 Å². The molecule has 3 aromatic rings. The molecule has 1 fully saturated rings. The van der Waals surface area contributed by atoms with Crippen LogP contribution in [0.1, 0.15) is 51.3 Å². The Balaban J connectivity index is 1.69. The van der Waals surface area contributed by atoms with Crippen LogP contribution in [0.25, 0.3) is 5.69 Å². The summed E-state index contributed by atoms with van der Waals surface area (Å²) in [5, 5.41) is 5.71. The predicted octanol–water partition coefficient (Wildman–Crippen LogP) is 6.51. The zero-order valence-electron chi connectivity index (χ0n) is 20.9. The van der Waals surface area contributed by atoms with Crippen LogP contribution in [-0.4, -0.2) is 33.4 Å². The van der Waals surface area contributed by atoms with E-state index in [0.717, 1.165) is 29.5 Å². The number of nitrogens with zero attached hydrogens (tertiary/aromatic N) is 4. The van der Waals surface area contributed by atoms with E-state index in [0.29, 0.717) is 23.1 Å². The molecule has 3 unspecified atom stereocenters. The molecular weight excluding hydrogens is 478 g/mol. The number of fused-ring (bicyclic) bond motifs is 1. The van der Waals surface area contributed by atoms with Crippen molar-refractivity contribution in [2.75, 3.05) is 7.05 Å². The van der Waals surface area contributed by atoms with Crippen molar-refractivity contribution in [3.8, 4) is 5.69 Å². The van der Waals surface area contributed by atoms with Crippen molar-refractivity contribution >= 4 is 35.2 Å².